The summed E-state index contributed by atoms with van der Waals surface area (Å²) in [5.41, 5.74) is 1.04. The van der Waals surface area contributed by atoms with Gasteiger partial charge >= 0.3 is 0 Å². The number of aromatic nitrogens is 4. The van der Waals surface area contributed by atoms with E-state index in [0.717, 1.165) is 18.1 Å². The topological polar surface area (TPSA) is 98.0 Å². The predicted octanol–water partition coefficient (Wildman–Crippen LogP) is 0.654. The first-order valence-corrected chi connectivity index (χ1v) is 8.16. The van der Waals surface area contributed by atoms with Crippen molar-refractivity contribution in [2.45, 2.75) is 20.3 Å². The van der Waals surface area contributed by atoms with Crippen molar-refractivity contribution in [1.82, 2.24) is 25.1 Å². The zero-order valence-corrected chi connectivity index (χ0v) is 14.0. The van der Waals surface area contributed by atoms with Crippen molar-refractivity contribution in [3.05, 3.63) is 40.1 Å². The maximum absolute atomic E-state index is 12.7. The third kappa shape index (κ3) is 3.64. The molecule has 0 bridgehead atoms. The summed E-state index contributed by atoms with van der Waals surface area (Å²) in [6.07, 6.45) is 2.22. The number of nitrogens with zero attached hydrogens (tertiary/aromatic N) is 4. The molecule has 1 aliphatic heterocycles. The standard InChI is InChI=1S/C16H22N6O2/c1-11(2)7-13-8-12(9-14(23)19-13)15(24)21-3-5-22(6-4-21)16-17-10-18-20-16/h8-11H,3-7H2,1-2H3,(H,19,23)(H,17,18,20). The Hall–Kier alpha value is -2.64. The molecule has 24 heavy (non-hydrogen) atoms. The average molecular weight is 330 g/mol. The minimum atomic E-state index is -0.225. The van der Waals surface area contributed by atoms with E-state index in [-0.39, 0.29) is 11.5 Å². The van der Waals surface area contributed by atoms with Crippen molar-refractivity contribution < 1.29 is 4.79 Å². The van der Waals surface area contributed by atoms with Crippen molar-refractivity contribution >= 4 is 11.9 Å². The van der Waals surface area contributed by atoms with Gasteiger partial charge in [0.15, 0.2) is 0 Å². The van der Waals surface area contributed by atoms with Crippen molar-refractivity contribution in [1.29, 1.82) is 0 Å². The summed E-state index contributed by atoms with van der Waals surface area (Å²) in [6, 6.07) is 3.18. The van der Waals surface area contributed by atoms with E-state index in [4.69, 9.17) is 0 Å². The van der Waals surface area contributed by atoms with Crippen LogP contribution >= 0.6 is 0 Å². The molecule has 128 valence electrons. The Labute approximate surface area is 139 Å². The number of carbonyl (C=O) groups is 1. The van der Waals surface area contributed by atoms with Gasteiger partial charge in [-0.1, -0.05) is 13.8 Å². The number of piperazine rings is 1. The Morgan fingerprint density at radius 3 is 2.62 bits per heavy atom. The SMILES string of the molecule is CC(C)Cc1cc(C(=O)N2CCN(c3ncn[nH]3)CC2)cc(=O)[nH]1. The van der Waals surface area contributed by atoms with Gasteiger partial charge in [-0.15, -0.1) is 0 Å². The number of carbonyl (C=O) groups excluding carboxylic acids is 1. The van der Waals surface area contributed by atoms with Crippen LogP contribution in [-0.2, 0) is 6.42 Å². The van der Waals surface area contributed by atoms with E-state index in [1.807, 2.05) is 0 Å². The quantitative estimate of drug-likeness (QED) is 0.858. The molecule has 8 heteroatoms. The molecule has 0 radical (unpaired) electrons. The molecule has 0 aliphatic carbocycles. The third-order valence-electron chi connectivity index (χ3n) is 4.04. The second-order valence-electron chi connectivity index (χ2n) is 6.44. The van der Waals surface area contributed by atoms with Crippen LogP contribution < -0.4 is 10.5 Å². The number of rotatable bonds is 4. The monoisotopic (exact) mass is 330 g/mol. The Bertz CT molecular complexity index is 744. The minimum Gasteiger partial charge on any atom is -0.338 e. The molecule has 1 amide bonds. The van der Waals surface area contributed by atoms with Crippen LogP contribution in [0.4, 0.5) is 5.95 Å². The molecular weight excluding hydrogens is 308 g/mol. The Morgan fingerprint density at radius 1 is 1.25 bits per heavy atom. The smallest absolute Gasteiger partial charge is 0.254 e. The van der Waals surface area contributed by atoms with E-state index in [1.54, 1.807) is 11.0 Å². The molecule has 1 aliphatic rings. The van der Waals surface area contributed by atoms with Crippen LogP contribution in [0, 0.1) is 5.92 Å². The second kappa shape index (κ2) is 6.86. The first-order chi connectivity index (χ1) is 11.5. The molecule has 0 atom stereocenters. The van der Waals surface area contributed by atoms with Gasteiger partial charge in [-0.2, -0.15) is 10.1 Å². The summed E-state index contributed by atoms with van der Waals surface area (Å²) in [5, 5.41) is 6.68. The number of H-pyrrole nitrogens is 2. The largest absolute Gasteiger partial charge is 0.338 e. The predicted molar refractivity (Wildman–Crippen MR) is 90.1 cm³/mol. The molecule has 3 rings (SSSR count). The fourth-order valence-corrected chi connectivity index (χ4v) is 2.93. The van der Waals surface area contributed by atoms with Crippen LogP contribution in [0.1, 0.15) is 29.9 Å². The summed E-state index contributed by atoms with van der Waals surface area (Å²) in [7, 11) is 0. The molecule has 3 heterocycles. The van der Waals surface area contributed by atoms with E-state index >= 15 is 0 Å². The van der Waals surface area contributed by atoms with E-state index in [0.29, 0.717) is 37.7 Å². The van der Waals surface area contributed by atoms with Gasteiger partial charge in [0, 0.05) is 43.5 Å². The van der Waals surface area contributed by atoms with Gasteiger partial charge < -0.3 is 14.8 Å². The Morgan fingerprint density at radius 2 is 2.00 bits per heavy atom. The number of anilines is 1. The van der Waals surface area contributed by atoms with Crippen LogP contribution in [0.3, 0.4) is 0 Å². The van der Waals surface area contributed by atoms with E-state index in [2.05, 4.69) is 38.9 Å². The number of hydrogen-bond donors (Lipinski definition) is 2. The van der Waals surface area contributed by atoms with Gasteiger partial charge in [0.05, 0.1) is 0 Å². The van der Waals surface area contributed by atoms with Gasteiger partial charge in [0.1, 0.15) is 6.33 Å². The van der Waals surface area contributed by atoms with Gasteiger partial charge in [-0.3, -0.25) is 9.59 Å². The maximum atomic E-state index is 12.7. The summed E-state index contributed by atoms with van der Waals surface area (Å²) in [5.74, 6) is 1.04. The molecule has 0 spiro atoms. The number of amides is 1. The molecule has 8 nitrogen and oxygen atoms in total. The highest BCUT2D eigenvalue weighted by Crippen LogP contribution is 2.13. The summed E-state index contributed by atoms with van der Waals surface area (Å²) in [4.78, 5) is 35.3. The zero-order chi connectivity index (χ0) is 17.1. The van der Waals surface area contributed by atoms with Crippen LogP contribution in [0.15, 0.2) is 23.3 Å². The van der Waals surface area contributed by atoms with Gasteiger partial charge in [-0.25, -0.2) is 5.10 Å². The molecule has 0 aromatic carbocycles. The molecule has 1 saturated heterocycles. The molecule has 0 unspecified atom stereocenters. The normalized spacial score (nSPS) is 15.1. The Kier molecular flexibility index (Phi) is 4.64. The molecule has 2 aromatic heterocycles. The third-order valence-corrected chi connectivity index (χ3v) is 4.04. The lowest BCUT2D eigenvalue weighted by atomic mass is 10.1. The lowest BCUT2D eigenvalue weighted by molar-refractivity contribution is 0.0746. The van der Waals surface area contributed by atoms with E-state index < -0.39 is 0 Å². The second-order valence-corrected chi connectivity index (χ2v) is 6.44. The maximum Gasteiger partial charge on any atom is 0.254 e. The van der Waals surface area contributed by atoms with E-state index in [1.165, 1.54) is 12.4 Å². The number of hydrogen-bond acceptors (Lipinski definition) is 5. The van der Waals surface area contributed by atoms with Crippen molar-refractivity contribution in [3.63, 3.8) is 0 Å². The number of aromatic amines is 2. The minimum absolute atomic E-state index is 0.0941. The summed E-state index contributed by atoms with van der Waals surface area (Å²) < 4.78 is 0. The van der Waals surface area contributed by atoms with Gasteiger partial charge in [0.2, 0.25) is 11.5 Å². The van der Waals surface area contributed by atoms with Gasteiger partial charge in [0.25, 0.3) is 5.91 Å². The highest BCUT2D eigenvalue weighted by atomic mass is 16.2. The van der Waals surface area contributed by atoms with Crippen LogP contribution in [0.2, 0.25) is 0 Å². The van der Waals surface area contributed by atoms with Crippen LogP contribution in [0.25, 0.3) is 0 Å². The van der Waals surface area contributed by atoms with Crippen molar-refractivity contribution in [3.8, 4) is 0 Å². The van der Waals surface area contributed by atoms with Crippen LogP contribution in [0.5, 0.6) is 0 Å². The molecular formula is C16H22N6O2. The average Bonchev–Trinajstić information content (AvgIpc) is 3.07. The summed E-state index contributed by atoms with van der Waals surface area (Å²) >= 11 is 0. The molecule has 1 fully saturated rings. The fraction of sp³-hybridized carbons (Fsp3) is 0.500. The zero-order valence-electron chi connectivity index (χ0n) is 14.0. The highest BCUT2D eigenvalue weighted by molar-refractivity contribution is 5.94. The number of pyridine rings is 1. The Balaban J connectivity index is 1.69. The lowest BCUT2D eigenvalue weighted by Crippen LogP contribution is -2.49. The van der Waals surface area contributed by atoms with Crippen molar-refractivity contribution in [2.75, 3.05) is 31.1 Å². The first-order valence-electron chi connectivity index (χ1n) is 8.16. The van der Waals surface area contributed by atoms with Crippen molar-refractivity contribution in [2.24, 2.45) is 5.92 Å². The molecule has 2 aromatic rings. The molecule has 0 saturated carbocycles. The summed E-state index contributed by atoms with van der Waals surface area (Å²) in [6.45, 7) is 6.70. The van der Waals surface area contributed by atoms with Gasteiger partial charge in [-0.05, 0) is 18.4 Å². The fourth-order valence-electron chi connectivity index (χ4n) is 2.93. The molecule has 2 N–H and O–H groups in total. The van der Waals surface area contributed by atoms with Crippen LogP contribution in [-0.4, -0.2) is 57.2 Å². The highest BCUT2D eigenvalue weighted by Gasteiger charge is 2.24. The lowest BCUT2D eigenvalue weighted by Gasteiger charge is -2.34. The number of nitrogens with one attached hydrogen (secondary N) is 2. The van der Waals surface area contributed by atoms with E-state index in [9.17, 15) is 9.59 Å². The first kappa shape index (κ1) is 16.2.